The van der Waals surface area contributed by atoms with Crippen LogP contribution >= 0.6 is 0 Å². The Kier molecular flexibility index (Phi) is 5.03. The number of anilines is 1. The number of hydrogen-bond acceptors (Lipinski definition) is 6. The van der Waals surface area contributed by atoms with Crippen LogP contribution in [0.3, 0.4) is 0 Å². The van der Waals surface area contributed by atoms with Crippen LogP contribution in [0, 0.1) is 11.8 Å². The smallest absolute Gasteiger partial charge is 0.257 e. The molecule has 6 rings (SSSR count). The molecule has 35 heavy (non-hydrogen) atoms. The number of nitrogens with one attached hydrogen (secondary N) is 2. The lowest BCUT2D eigenvalue weighted by Crippen LogP contribution is -2.28. The number of amides is 1. The van der Waals surface area contributed by atoms with Gasteiger partial charge in [0.2, 0.25) is 5.95 Å². The third-order valence-corrected chi connectivity index (χ3v) is 5.77. The van der Waals surface area contributed by atoms with Crippen LogP contribution in [0.4, 0.5) is 14.6 Å². The lowest BCUT2D eigenvalue weighted by molar-refractivity contribution is 0.102. The van der Waals surface area contributed by atoms with Crippen molar-refractivity contribution in [1.82, 2.24) is 34.7 Å². The standard InChI is InChI=1S/C24H18F2N8O/c25-16-3-1-14(2-4-16)23-22(18-12-27-9-10-33(18)32-23)17-5-6-21-29-20(13-34(21)31-17)30-24(35)15-7-8-28-19(26)11-15/h1-8,11,13,27H,9-10,12H2,(H,30,35). The Balaban J connectivity index is 1.39. The summed E-state index contributed by atoms with van der Waals surface area (Å²) < 4.78 is 30.4. The van der Waals surface area contributed by atoms with Gasteiger partial charge < -0.3 is 10.6 Å². The molecule has 11 heteroatoms. The number of hydrogen-bond donors (Lipinski definition) is 2. The first-order valence-corrected chi connectivity index (χ1v) is 10.9. The molecule has 1 amide bonds. The van der Waals surface area contributed by atoms with E-state index in [0.29, 0.717) is 30.1 Å². The van der Waals surface area contributed by atoms with Crippen LogP contribution in [0.25, 0.3) is 28.2 Å². The normalized spacial score (nSPS) is 13.1. The number of nitrogens with zero attached hydrogens (tertiary/aromatic N) is 6. The van der Waals surface area contributed by atoms with Gasteiger partial charge in [-0.25, -0.2) is 18.9 Å². The minimum atomic E-state index is -0.741. The Morgan fingerprint density at radius 3 is 2.74 bits per heavy atom. The Morgan fingerprint density at radius 2 is 1.91 bits per heavy atom. The molecule has 0 radical (unpaired) electrons. The van der Waals surface area contributed by atoms with Gasteiger partial charge >= 0.3 is 0 Å². The third-order valence-electron chi connectivity index (χ3n) is 5.77. The van der Waals surface area contributed by atoms with E-state index in [-0.39, 0.29) is 17.2 Å². The lowest BCUT2D eigenvalue weighted by Gasteiger charge is -2.15. The van der Waals surface area contributed by atoms with Crippen LogP contribution in [-0.2, 0) is 13.1 Å². The molecule has 0 bridgehead atoms. The molecular formula is C24H18F2N8O. The summed E-state index contributed by atoms with van der Waals surface area (Å²) in [7, 11) is 0. The van der Waals surface area contributed by atoms with E-state index in [2.05, 4.69) is 20.6 Å². The number of rotatable bonds is 4. The highest BCUT2D eigenvalue weighted by atomic mass is 19.1. The topological polar surface area (TPSA) is 102 Å². The molecule has 1 aliphatic heterocycles. The number of carbonyl (C=O) groups excluding carboxylic acids is 1. The molecule has 2 N–H and O–H groups in total. The highest BCUT2D eigenvalue weighted by Gasteiger charge is 2.24. The number of benzene rings is 1. The highest BCUT2D eigenvalue weighted by molar-refractivity contribution is 6.03. The van der Waals surface area contributed by atoms with E-state index in [1.165, 1.54) is 24.4 Å². The van der Waals surface area contributed by atoms with Gasteiger partial charge in [0.25, 0.3) is 5.91 Å². The largest absolute Gasteiger partial charge is 0.309 e. The first kappa shape index (κ1) is 21.1. The summed E-state index contributed by atoms with van der Waals surface area (Å²) in [6.07, 6.45) is 2.81. The van der Waals surface area contributed by atoms with E-state index in [1.54, 1.807) is 28.9 Å². The van der Waals surface area contributed by atoms with Crippen molar-refractivity contribution in [3.8, 4) is 22.5 Å². The average molecular weight is 472 g/mol. The monoisotopic (exact) mass is 472 g/mol. The molecular weight excluding hydrogens is 454 g/mol. The molecule has 5 aromatic rings. The quantitative estimate of drug-likeness (QED) is 0.389. The molecule has 0 atom stereocenters. The van der Waals surface area contributed by atoms with Crippen LogP contribution in [0.2, 0.25) is 0 Å². The lowest BCUT2D eigenvalue weighted by atomic mass is 10.0. The molecule has 0 aliphatic carbocycles. The summed E-state index contributed by atoms with van der Waals surface area (Å²) in [6.45, 7) is 2.13. The fourth-order valence-electron chi connectivity index (χ4n) is 4.14. The summed E-state index contributed by atoms with van der Waals surface area (Å²) in [6, 6.07) is 12.3. The molecule has 0 saturated carbocycles. The zero-order valence-corrected chi connectivity index (χ0v) is 18.2. The first-order valence-electron chi connectivity index (χ1n) is 10.9. The fourth-order valence-corrected chi connectivity index (χ4v) is 4.14. The van der Waals surface area contributed by atoms with E-state index in [9.17, 15) is 13.6 Å². The SMILES string of the molecule is O=C(Nc1cn2nc(-c3c(-c4ccc(F)cc4)nn4c3CNCC4)ccc2n1)c1ccnc(F)c1. The molecule has 1 aliphatic rings. The Hall–Kier alpha value is -4.51. The number of halogens is 2. The number of fused-ring (bicyclic) bond motifs is 2. The fraction of sp³-hybridized carbons (Fsp3) is 0.125. The Morgan fingerprint density at radius 1 is 1.06 bits per heavy atom. The number of pyridine rings is 1. The van der Waals surface area contributed by atoms with Crippen molar-refractivity contribution in [2.24, 2.45) is 0 Å². The predicted molar refractivity (Wildman–Crippen MR) is 123 cm³/mol. The van der Waals surface area contributed by atoms with E-state index >= 15 is 0 Å². The van der Waals surface area contributed by atoms with Crippen molar-refractivity contribution in [2.75, 3.05) is 11.9 Å². The van der Waals surface area contributed by atoms with E-state index < -0.39 is 11.9 Å². The average Bonchev–Trinajstić information content (AvgIpc) is 3.44. The maximum atomic E-state index is 13.5. The van der Waals surface area contributed by atoms with Gasteiger partial charge in [0, 0.05) is 36.5 Å². The molecule has 0 unspecified atom stereocenters. The molecule has 0 spiro atoms. The summed E-state index contributed by atoms with van der Waals surface area (Å²) in [5, 5.41) is 15.5. The van der Waals surface area contributed by atoms with Crippen LogP contribution < -0.4 is 10.6 Å². The van der Waals surface area contributed by atoms with E-state index in [1.807, 2.05) is 10.7 Å². The maximum absolute atomic E-state index is 13.5. The summed E-state index contributed by atoms with van der Waals surface area (Å²) in [4.78, 5) is 20.3. The van der Waals surface area contributed by atoms with E-state index in [4.69, 9.17) is 10.2 Å². The van der Waals surface area contributed by atoms with Gasteiger partial charge in [-0.05, 0) is 42.5 Å². The predicted octanol–water partition coefficient (Wildman–Crippen LogP) is 3.29. The Labute approximate surface area is 197 Å². The first-order chi connectivity index (χ1) is 17.0. The molecule has 9 nitrogen and oxygen atoms in total. The zero-order chi connectivity index (χ0) is 23.9. The van der Waals surface area contributed by atoms with Crippen molar-refractivity contribution in [2.45, 2.75) is 13.1 Å². The van der Waals surface area contributed by atoms with Crippen LogP contribution in [-0.4, -0.2) is 41.8 Å². The molecule has 174 valence electrons. The van der Waals surface area contributed by atoms with Crippen molar-refractivity contribution in [3.05, 3.63) is 83.9 Å². The zero-order valence-electron chi connectivity index (χ0n) is 18.2. The maximum Gasteiger partial charge on any atom is 0.257 e. The number of imidazole rings is 1. The van der Waals surface area contributed by atoms with Crippen LogP contribution in [0.1, 0.15) is 16.1 Å². The number of carbonyl (C=O) groups is 1. The molecule has 0 fully saturated rings. The van der Waals surface area contributed by atoms with Gasteiger partial charge in [-0.3, -0.25) is 9.48 Å². The summed E-state index contributed by atoms with van der Waals surface area (Å²) in [5.41, 5.74) is 4.64. The van der Waals surface area contributed by atoms with E-state index in [0.717, 1.165) is 29.4 Å². The van der Waals surface area contributed by atoms with Gasteiger partial charge in [-0.15, -0.1) is 0 Å². The minimum absolute atomic E-state index is 0.131. The highest BCUT2D eigenvalue weighted by Crippen LogP contribution is 2.34. The molecule has 0 saturated heterocycles. The second-order valence-corrected chi connectivity index (χ2v) is 8.05. The van der Waals surface area contributed by atoms with Crippen LogP contribution in [0.5, 0.6) is 0 Å². The second kappa shape index (κ2) is 8.37. The van der Waals surface area contributed by atoms with Crippen molar-refractivity contribution in [3.63, 3.8) is 0 Å². The van der Waals surface area contributed by atoms with Gasteiger partial charge in [0.1, 0.15) is 11.5 Å². The molecule has 5 heterocycles. The van der Waals surface area contributed by atoms with Crippen molar-refractivity contribution < 1.29 is 13.6 Å². The summed E-state index contributed by atoms with van der Waals surface area (Å²) >= 11 is 0. The van der Waals surface area contributed by atoms with Gasteiger partial charge in [-0.2, -0.15) is 14.6 Å². The Bertz CT molecular complexity index is 1570. The van der Waals surface area contributed by atoms with Crippen molar-refractivity contribution in [1.29, 1.82) is 0 Å². The summed E-state index contributed by atoms with van der Waals surface area (Å²) in [5.74, 6) is -1.29. The minimum Gasteiger partial charge on any atom is -0.309 e. The molecule has 4 aromatic heterocycles. The van der Waals surface area contributed by atoms with Gasteiger partial charge in [0.15, 0.2) is 11.5 Å². The van der Waals surface area contributed by atoms with Gasteiger partial charge in [-0.1, -0.05) is 0 Å². The van der Waals surface area contributed by atoms with Gasteiger partial charge in [0.05, 0.1) is 29.7 Å². The van der Waals surface area contributed by atoms with Crippen molar-refractivity contribution >= 4 is 17.4 Å². The number of aromatic nitrogens is 6. The molecule has 1 aromatic carbocycles. The van der Waals surface area contributed by atoms with Crippen LogP contribution in [0.15, 0.2) is 60.9 Å². The third kappa shape index (κ3) is 3.91. The second-order valence-electron chi connectivity index (χ2n) is 8.05.